The van der Waals surface area contributed by atoms with Crippen LogP contribution in [-0.2, 0) is 14.1 Å². The fourth-order valence-electron chi connectivity index (χ4n) is 3.72. The SMILES string of the molecule is CCCNc1nc2ccc(C=O)cc2n1C.[C-]#[N+]c1ccc(N)c(NC)c1.[C-]#[N+]c1ccc2nc(Cl)n(C)c2c1. The van der Waals surface area contributed by atoms with E-state index in [9.17, 15) is 4.79 Å². The quantitative estimate of drug-likeness (QED) is 0.124. The van der Waals surface area contributed by atoms with E-state index in [1.165, 1.54) is 0 Å². The summed E-state index contributed by atoms with van der Waals surface area (Å²) in [6, 6.07) is 16.0. The van der Waals surface area contributed by atoms with Crippen molar-refractivity contribution in [2.24, 2.45) is 14.1 Å². The molecule has 40 heavy (non-hydrogen) atoms. The van der Waals surface area contributed by atoms with E-state index in [1.807, 2.05) is 30.8 Å². The summed E-state index contributed by atoms with van der Waals surface area (Å²) < 4.78 is 3.73. The Morgan fingerprint density at radius 1 is 0.950 bits per heavy atom. The summed E-state index contributed by atoms with van der Waals surface area (Å²) >= 11 is 5.82. The first-order valence-corrected chi connectivity index (χ1v) is 12.7. The van der Waals surface area contributed by atoms with E-state index < -0.39 is 0 Å². The van der Waals surface area contributed by atoms with Crippen molar-refractivity contribution in [2.45, 2.75) is 13.3 Å². The van der Waals surface area contributed by atoms with Crippen molar-refractivity contribution < 1.29 is 4.79 Å². The lowest BCUT2D eigenvalue weighted by Crippen LogP contribution is -2.05. The minimum Gasteiger partial charge on any atom is -0.397 e. The summed E-state index contributed by atoms with van der Waals surface area (Å²) in [6.07, 6.45) is 1.91. The van der Waals surface area contributed by atoms with Gasteiger partial charge in [0.1, 0.15) is 6.29 Å². The molecule has 0 radical (unpaired) electrons. The van der Waals surface area contributed by atoms with Gasteiger partial charge in [-0.05, 0) is 60.5 Å². The van der Waals surface area contributed by atoms with Crippen molar-refractivity contribution in [1.29, 1.82) is 0 Å². The van der Waals surface area contributed by atoms with Crippen LogP contribution in [0.1, 0.15) is 23.7 Å². The van der Waals surface area contributed by atoms with Crippen molar-refractivity contribution in [3.05, 3.63) is 88.3 Å². The maximum Gasteiger partial charge on any atom is 0.203 e. The van der Waals surface area contributed by atoms with Gasteiger partial charge in [0, 0.05) is 38.9 Å². The van der Waals surface area contributed by atoms with Crippen molar-refractivity contribution >= 4 is 68.7 Å². The average molecular weight is 556 g/mol. The molecule has 0 bridgehead atoms. The highest BCUT2D eigenvalue weighted by atomic mass is 35.5. The van der Waals surface area contributed by atoms with Crippen LogP contribution < -0.4 is 16.4 Å². The molecule has 5 aromatic rings. The molecule has 10 nitrogen and oxygen atoms in total. The summed E-state index contributed by atoms with van der Waals surface area (Å²) in [7, 11) is 5.55. The van der Waals surface area contributed by atoms with Gasteiger partial charge in [-0.15, -0.1) is 0 Å². The maximum atomic E-state index is 10.7. The average Bonchev–Trinajstić information content (AvgIpc) is 3.46. The van der Waals surface area contributed by atoms with Crippen LogP contribution in [0, 0.1) is 13.1 Å². The number of nitrogens with one attached hydrogen (secondary N) is 2. The number of fused-ring (bicyclic) bond motifs is 2. The fourth-order valence-corrected chi connectivity index (χ4v) is 3.91. The molecule has 0 saturated carbocycles. The van der Waals surface area contributed by atoms with Gasteiger partial charge in [0.2, 0.25) is 11.2 Å². The van der Waals surface area contributed by atoms with Crippen LogP contribution in [0.25, 0.3) is 31.8 Å². The minimum atomic E-state index is 0.442. The molecule has 0 aliphatic carbocycles. The lowest BCUT2D eigenvalue weighted by atomic mass is 10.2. The molecule has 0 aliphatic heterocycles. The van der Waals surface area contributed by atoms with Gasteiger partial charge in [-0.3, -0.25) is 4.79 Å². The van der Waals surface area contributed by atoms with Gasteiger partial charge in [0.05, 0.1) is 40.9 Å². The monoisotopic (exact) mass is 555 g/mol. The predicted octanol–water partition coefficient (Wildman–Crippen LogP) is 6.85. The standard InChI is InChI=1S/C12H15N3O.C9H6ClN3.C8H9N3/c1-3-6-13-12-14-10-5-4-9(8-16)7-11(10)15(12)2;1-11-6-3-4-7-8(5-6)13(2)9(10)12-7;1-10-6-3-4-7(9)8(5-6)11-2/h4-5,7-8H,3,6H2,1-2H3,(H,13,14);3-5H,2H3;3-5,11H,9H2,2H3. The van der Waals surface area contributed by atoms with Crippen molar-refractivity contribution in [3.8, 4) is 0 Å². The number of carbonyl (C=O) groups excluding carboxylic acids is 1. The number of aryl methyl sites for hydroxylation is 2. The van der Waals surface area contributed by atoms with Gasteiger partial charge in [0.25, 0.3) is 0 Å². The highest BCUT2D eigenvalue weighted by molar-refractivity contribution is 6.29. The second-order valence-electron chi connectivity index (χ2n) is 8.65. The molecule has 2 aromatic heterocycles. The van der Waals surface area contributed by atoms with E-state index in [0.29, 0.717) is 27.9 Å². The van der Waals surface area contributed by atoms with E-state index in [2.05, 4.69) is 37.2 Å². The molecule has 0 spiro atoms. The van der Waals surface area contributed by atoms with Crippen LogP contribution in [0.15, 0.2) is 54.6 Å². The number of aromatic nitrogens is 4. The van der Waals surface area contributed by atoms with Gasteiger partial charge < -0.3 is 25.5 Å². The van der Waals surface area contributed by atoms with E-state index in [0.717, 1.165) is 53.0 Å². The molecule has 0 aliphatic rings. The molecule has 11 heteroatoms. The first-order valence-electron chi connectivity index (χ1n) is 12.4. The first kappa shape index (κ1) is 29.5. The highest BCUT2D eigenvalue weighted by Crippen LogP contribution is 2.24. The Bertz CT molecular complexity index is 1720. The summed E-state index contributed by atoms with van der Waals surface area (Å²) in [6.45, 7) is 16.6. The van der Waals surface area contributed by atoms with Crippen LogP contribution in [0.5, 0.6) is 0 Å². The smallest absolute Gasteiger partial charge is 0.203 e. The molecule has 204 valence electrons. The van der Waals surface area contributed by atoms with Crippen LogP contribution in [-0.4, -0.2) is 39.0 Å². The van der Waals surface area contributed by atoms with Crippen LogP contribution in [0.4, 0.5) is 28.7 Å². The second-order valence-corrected chi connectivity index (χ2v) is 8.98. The molecule has 3 aromatic carbocycles. The van der Waals surface area contributed by atoms with Crippen LogP contribution >= 0.6 is 11.6 Å². The van der Waals surface area contributed by atoms with Gasteiger partial charge in [-0.25, -0.2) is 19.7 Å². The highest BCUT2D eigenvalue weighted by Gasteiger charge is 2.07. The topological polar surface area (TPSA) is 112 Å². The summed E-state index contributed by atoms with van der Waals surface area (Å²) in [4.78, 5) is 25.9. The summed E-state index contributed by atoms with van der Waals surface area (Å²) in [5, 5.41) is 6.60. The number of aldehydes is 1. The zero-order valence-corrected chi connectivity index (χ0v) is 23.5. The molecule has 0 unspecified atom stereocenters. The molecule has 4 N–H and O–H groups in total. The van der Waals surface area contributed by atoms with E-state index in [1.54, 1.807) is 54.1 Å². The molecule has 2 heterocycles. The van der Waals surface area contributed by atoms with Crippen LogP contribution in [0.3, 0.4) is 0 Å². The number of hydrogen-bond donors (Lipinski definition) is 3. The number of rotatable bonds is 5. The number of imidazole rings is 2. The molecule has 0 saturated heterocycles. The number of carbonyl (C=O) groups is 1. The lowest BCUT2D eigenvalue weighted by Gasteiger charge is -2.03. The summed E-state index contributed by atoms with van der Waals surface area (Å²) in [5.41, 5.74) is 12.5. The predicted molar refractivity (Wildman–Crippen MR) is 164 cm³/mol. The zero-order chi connectivity index (χ0) is 29.2. The maximum absolute atomic E-state index is 10.7. The normalized spacial score (nSPS) is 9.97. The van der Waals surface area contributed by atoms with E-state index >= 15 is 0 Å². The molecule has 5 rings (SSSR count). The van der Waals surface area contributed by atoms with Gasteiger partial charge >= 0.3 is 0 Å². The molecule has 0 fully saturated rings. The van der Waals surface area contributed by atoms with Crippen molar-refractivity contribution in [3.63, 3.8) is 0 Å². The number of benzene rings is 3. The van der Waals surface area contributed by atoms with Crippen molar-refractivity contribution in [1.82, 2.24) is 19.1 Å². The Morgan fingerprint density at radius 3 is 2.23 bits per heavy atom. The summed E-state index contributed by atoms with van der Waals surface area (Å²) in [5.74, 6) is 0.847. The molecule has 0 amide bonds. The molecular weight excluding hydrogens is 526 g/mol. The Labute approximate surface area is 238 Å². The number of nitrogens with two attached hydrogens (primary N) is 1. The second kappa shape index (κ2) is 13.7. The number of nitrogens with zero attached hydrogens (tertiary/aromatic N) is 6. The van der Waals surface area contributed by atoms with E-state index in [-0.39, 0.29) is 0 Å². The van der Waals surface area contributed by atoms with Crippen LogP contribution in [0.2, 0.25) is 5.28 Å². The number of halogens is 1. The Balaban J connectivity index is 0.000000169. The third-order valence-electron chi connectivity index (χ3n) is 5.95. The third-order valence-corrected chi connectivity index (χ3v) is 6.29. The fraction of sp³-hybridized carbons (Fsp3) is 0.207. The van der Waals surface area contributed by atoms with Gasteiger partial charge in [0.15, 0.2) is 11.4 Å². The lowest BCUT2D eigenvalue weighted by molar-refractivity contribution is 0.112. The largest absolute Gasteiger partial charge is 0.397 e. The van der Waals surface area contributed by atoms with E-state index in [4.69, 9.17) is 30.5 Å². The molecular formula is C29H30ClN9O. The number of nitrogen functional groups attached to an aromatic ring is 1. The minimum absolute atomic E-state index is 0.442. The Hall–Kier alpha value is -5.06. The number of hydrogen-bond acceptors (Lipinski definition) is 6. The number of anilines is 3. The molecule has 0 atom stereocenters. The Kier molecular flexibility index (Phi) is 10.1. The van der Waals surface area contributed by atoms with Gasteiger partial charge in [-0.2, -0.15) is 0 Å². The van der Waals surface area contributed by atoms with Gasteiger partial charge in [-0.1, -0.05) is 19.1 Å². The Morgan fingerprint density at radius 2 is 1.57 bits per heavy atom. The first-order chi connectivity index (χ1) is 19.3. The third kappa shape index (κ3) is 6.87. The zero-order valence-electron chi connectivity index (χ0n) is 22.7. The van der Waals surface area contributed by atoms with Crippen molar-refractivity contribution in [2.75, 3.05) is 30.0 Å².